The van der Waals surface area contributed by atoms with Gasteiger partial charge in [0.15, 0.2) is 0 Å². The Balaban J connectivity index is 2.05. The van der Waals surface area contributed by atoms with Gasteiger partial charge in [0.1, 0.15) is 10.6 Å². The van der Waals surface area contributed by atoms with E-state index in [1.165, 1.54) is 42.7 Å². The lowest BCUT2D eigenvalue weighted by atomic mass is 10.0. The first kappa shape index (κ1) is 20.5. The number of anilines is 1. The number of non-ortho nitro benzene ring substituents is 1. The number of amides is 1. The maximum atomic E-state index is 12.7. The third kappa shape index (κ3) is 4.28. The fourth-order valence-electron chi connectivity index (χ4n) is 2.86. The van der Waals surface area contributed by atoms with E-state index in [9.17, 15) is 19.7 Å². The highest BCUT2D eigenvalue weighted by molar-refractivity contribution is 7.17. The highest BCUT2D eigenvalue weighted by atomic mass is 35.5. The molecule has 7 nitrogen and oxygen atoms in total. The van der Waals surface area contributed by atoms with Crippen molar-refractivity contribution in [1.29, 1.82) is 0 Å². The monoisotopic (exact) mass is 430 g/mol. The Morgan fingerprint density at radius 3 is 2.55 bits per heavy atom. The SMILES string of the molecule is COC(=O)c1c(NC(=O)c2cccc([N+](=O)[O-])c2)sc(C)c1-c1cccc(Cl)c1. The molecule has 0 saturated carbocycles. The van der Waals surface area contributed by atoms with Gasteiger partial charge in [-0.05, 0) is 30.7 Å². The second-order valence-corrected chi connectivity index (χ2v) is 7.66. The largest absolute Gasteiger partial charge is 0.465 e. The summed E-state index contributed by atoms with van der Waals surface area (Å²) in [6.45, 7) is 1.82. The molecule has 0 atom stereocenters. The van der Waals surface area contributed by atoms with E-state index in [0.717, 1.165) is 4.88 Å². The van der Waals surface area contributed by atoms with E-state index >= 15 is 0 Å². The molecule has 0 bridgehead atoms. The molecule has 2 aromatic carbocycles. The van der Waals surface area contributed by atoms with Crippen molar-refractivity contribution in [2.75, 3.05) is 12.4 Å². The van der Waals surface area contributed by atoms with Crippen LogP contribution in [0.25, 0.3) is 11.1 Å². The quantitative estimate of drug-likeness (QED) is 0.335. The number of carbonyl (C=O) groups excluding carboxylic acids is 2. The minimum absolute atomic E-state index is 0.102. The number of nitrogens with zero attached hydrogens (tertiary/aromatic N) is 1. The average molecular weight is 431 g/mol. The van der Waals surface area contributed by atoms with Crippen LogP contribution < -0.4 is 5.32 Å². The predicted molar refractivity (Wildman–Crippen MR) is 112 cm³/mol. The molecule has 1 aromatic heterocycles. The molecule has 0 aliphatic rings. The minimum atomic E-state index is -0.612. The van der Waals surface area contributed by atoms with Crippen molar-refractivity contribution in [3.63, 3.8) is 0 Å². The van der Waals surface area contributed by atoms with Crippen LogP contribution >= 0.6 is 22.9 Å². The second-order valence-electron chi connectivity index (χ2n) is 6.00. The molecule has 3 rings (SSSR count). The molecular formula is C20H15ClN2O5S. The van der Waals surface area contributed by atoms with E-state index in [1.54, 1.807) is 24.3 Å². The summed E-state index contributed by atoms with van der Waals surface area (Å²) in [5.41, 5.74) is 1.43. The van der Waals surface area contributed by atoms with Gasteiger partial charge in [0, 0.05) is 33.2 Å². The zero-order valence-corrected chi connectivity index (χ0v) is 17.0. The van der Waals surface area contributed by atoms with Gasteiger partial charge in [-0.2, -0.15) is 0 Å². The van der Waals surface area contributed by atoms with Crippen LogP contribution in [-0.2, 0) is 4.74 Å². The number of esters is 1. The lowest BCUT2D eigenvalue weighted by molar-refractivity contribution is -0.384. The van der Waals surface area contributed by atoms with Crippen molar-refractivity contribution in [2.45, 2.75) is 6.92 Å². The number of nitrogens with one attached hydrogen (secondary N) is 1. The predicted octanol–water partition coefficient (Wildman–Crippen LogP) is 5.32. The van der Waals surface area contributed by atoms with E-state index in [0.29, 0.717) is 21.2 Å². The van der Waals surface area contributed by atoms with E-state index in [-0.39, 0.29) is 16.8 Å². The summed E-state index contributed by atoms with van der Waals surface area (Å²) < 4.78 is 4.91. The van der Waals surface area contributed by atoms with Gasteiger partial charge in [0.05, 0.1) is 12.0 Å². The van der Waals surface area contributed by atoms with Crippen LogP contribution in [-0.4, -0.2) is 23.9 Å². The first-order valence-corrected chi connectivity index (χ1v) is 9.54. The third-order valence-corrected chi connectivity index (χ3v) is 5.39. The van der Waals surface area contributed by atoms with Crippen molar-refractivity contribution in [3.05, 3.63) is 79.7 Å². The van der Waals surface area contributed by atoms with Crippen molar-refractivity contribution in [3.8, 4) is 11.1 Å². The molecule has 0 aliphatic heterocycles. The molecule has 0 spiro atoms. The molecule has 0 unspecified atom stereocenters. The average Bonchev–Trinajstić information content (AvgIpc) is 3.03. The Labute approximate surface area is 175 Å². The van der Waals surface area contributed by atoms with Gasteiger partial charge >= 0.3 is 5.97 Å². The summed E-state index contributed by atoms with van der Waals surface area (Å²) in [5.74, 6) is -1.18. The Bertz CT molecular complexity index is 1130. The van der Waals surface area contributed by atoms with Crippen molar-refractivity contribution >= 4 is 45.5 Å². The molecule has 1 N–H and O–H groups in total. The van der Waals surface area contributed by atoms with Gasteiger partial charge in [0.25, 0.3) is 11.6 Å². The van der Waals surface area contributed by atoms with E-state index in [1.807, 2.05) is 6.92 Å². The molecule has 0 saturated heterocycles. The number of rotatable bonds is 5. The Morgan fingerprint density at radius 2 is 1.90 bits per heavy atom. The first-order valence-electron chi connectivity index (χ1n) is 8.35. The minimum Gasteiger partial charge on any atom is -0.465 e. The van der Waals surface area contributed by atoms with Gasteiger partial charge < -0.3 is 10.1 Å². The molecule has 0 radical (unpaired) electrons. The molecule has 29 heavy (non-hydrogen) atoms. The van der Waals surface area contributed by atoms with Crippen molar-refractivity contribution in [2.24, 2.45) is 0 Å². The van der Waals surface area contributed by atoms with Crippen LogP contribution in [0.2, 0.25) is 5.02 Å². The fraction of sp³-hybridized carbons (Fsp3) is 0.100. The zero-order valence-electron chi connectivity index (χ0n) is 15.4. The number of hydrogen-bond acceptors (Lipinski definition) is 6. The number of halogens is 1. The summed E-state index contributed by atoms with van der Waals surface area (Å²) in [6.07, 6.45) is 0. The van der Waals surface area contributed by atoms with Gasteiger partial charge in [-0.15, -0.1) is 11.3 Å². The molecule has 148 valence electrons. The number of thiophene rings is 1. The number of carbonyl (C=O) groups is 2. The van der Waals surface area contributed by atoms with Gasteiger partial charge in [-0.25, -0.2) is 4.79 Å². The van der Waals surface area contributed by atoms with Crippen LogP contribution in [0.15, 0.2) is 48.5 Å². The molecule has 3 aromatic rings. The Hall–Kier alpha value is -3.23. The van der Waals surface area contributed by atoms with Gasteiger partial charge in [-0.3, -0.25) is 14.9 Å². The summed E-state index contributed by atoms with van der Waals surface area (Å²) in [5, 5.41) is 14.4. The molecule has 0 aliphatic carbocycles. The third-order valence-electron chi connectivity index (χ3n) is 4.13. The number of benzene rings is 2. The molecule has 1 heterocycles. The normalized spacial score (nSPS) is 10.4. The van der Waals surface area contributed by atoms with Crippen LogP contribution in [0, 0.1) is 17.0 Å². The first-order chi connectivity index (χ1) is 13.8. The van der Waals surface area contributed by atoms with Gasteiger partial charge in [0.2, 0.25) is 0 Å². The lowest BCUT2D eigenvalue weighted by Crippen LogP contribution is -2.14. The Kier molecular flexibility index (Phi) is 5.95. The number of ether oxygens (including phenoxy) is 1. The second kappa shape index (κ2) is 8.42. The highest BCUT2D eigenvalue weighted by Gasteiger charge is 2.25. The zero-order chi connectivity index (χ0) is 21.1. The number of hydrogen-bond donors (Lipinski definition) is 1. The number of nitro benzene ring substituents is 1. The summed E-state index contributed by atoms with van der Waals surface area (Å²) in [6, 6.07) is 12.3. The molecule has 1 amide bonds. The number of nitro groups is 1. The van der Waals surface area contributed by atoms with Crippen molar-refractivity contribution in [1.82, 2.24) is 0 Å². The summed E-state index contributed by atoms with van der Waals surface area (Å²) >= 11 is 7.30. The maximum Gasteiger partial charge on any atom is 0.341 e. The molecule has 9 heteroatoms. The number of aryl methyl sites for hydroxylation is 1. The summed E-state index contributed by atoms with van der Waals surface area (Å²) in [7, 11) is 1.25. The van der Waals surface area contributed by atoms with Crippen molar-refractivity contribution < 1.29 is 19.2 Å². The van der Waals surface area contributed by atoms with E-state index < -0.39 is 16.8 Å². The molecular weight excluding hydrogens is 416 g/mol. The van der Waals surface area contributed by atoms with Crippen LogP contribution in [0.4, 0.5) is 10.7 Å². The van der Waals surface area contributed by atoms with Crippen LogP contribution in [0.3, 0.4) is 0 Å². The van der Waals surface area contributed by atoms with E-state index in [4.69, 9.17) is 16.3 Å². The van der Waals surface area contributed by atoms with E-state index in [2.05, 4.69) is 5.32 Å². The van der Waals surface area contributed by atoms with Gasteiger partial charge in [-0.1, -0.05) is 29.8 Å². The molecule has 0 fully saturated rings. The number of methoxy groups -OCH3 is 1. The topological polar surface area (TPSA) is 98.5 Å². The smallest absolute Gasteiger partial charge is 0.341 e. The maximum absolute atomic E-state index is 12.7. The highest BCUT2D eigenvalue weighted by Crippen LogP contribution is 2.41. The fourth-order valence-corrected chi connectivity index (χ4v) is 4.11. The Morgan fingerprint density at radius 1 is 1.17 bits per heavy atom. The van der Waals surface area contributed by atoms with Crippen LogP contribution in [0.1, 0.15) is 25.6 Å². The summed E-state index contributed by atoms with van der Waals surface area (Å²) in [4.78, 5) is 36.3. The lowest BCUT2D eigenvalue weighted by Gasteiger charge is -2.08. The van der Waals surface area contributed by atoms with Crippen LogP contribution in [0.5, 0.6) is 0 Å². The standard InChI is InChI=1S/C20H15ClN2O5S/c1-11-16(12-5-3-7-14(21)9-12)17(20(25)28-2)19(29-11)22-18(24)13-6-4-8-15(10-13)23(26)27/h3-10H,1-2H3,(H,22,24).